The molecule has 0 saturated heterocycles. The molecule has 3 nitrogen and oxygen atoms in total. The Hall–Kier alpha value is -1.26. The van der Waals surface area contributed by atoms with Crippen molar-refractivity contribution in [3.05, 3.63) is 52.2 Å². The summed E-state index contributed by atoms with van der Waals surface area (Å²) in [5.74, 6) is 0. The normalized spacial score (nSPS) is 10.2. The number of halogens is 2. The maximum Gasteiger partial charge on any atom is 0.0638 e. The standard InChI is InChI=1S/C12H11BrClN3/c1-2-17-8-9(7-16-17)6-15-12-5-10(13)3-4-11(12)14/h2-5,7-8,15H,1,6H2. The second-order valence-corrected chi connectivity index (χ2v) is 4.81. The molecule has 1 aromatic carbocycles. The second-order valence-electron chi connectivity index (χ2n) is 3.49. The highest BCUT2D eigenvalue weighted by atomic mass is 79.9. The molecule has 0 amide bonds. The van der Waals surface area contributed by atoms with Gasteiger partial charge in [0.2, 0.25) is 0 Å². The predicted molar refractivity (Wildman–Crippen MR) is 75.1 cm³/mol. The summed E-state index contributed by atoms with van der Waals surface area (Å²) >= 11 is 9.48. The van der Waals surface area contributed by atoms with Crippen LogP contribution < -0.4 is 5.32 Å². The molecule has 0 bridgehead atoms. The van der Waals surface area contributed by atoms with E-state index in [0.29, 0.717) is 11.6 Å². The van der Waals surface area contributed by atoms with Crippen molar-refractivity contribution in [1.82, 2.24) is 9.78 Å². The van der Waals surface area contributed by atoms with Crippen LogP contribution in [0.25, 0.3) is 6.20 Å². The summed E-state index contributed by atoms with van der Waals surface area (Å²) in [5.41, 5.74) is 1.97. The molecule has 0 unspecified atom stereocenters. The van der Waals surface area contributed by atoms with Gasteiger partial charge < -0.3 is 5.32 Å². The molecule has 0 fully saturated rings. The van der Waals surface area contributed by atoms with E-state index in [1.165, 1.54) is 0 Å². The van der Waals surface area contributed by atoms with Crippen molar-refractivity contribution < 1.29 is 0 Å². The molecular weight excluding hydrogens is 302 g/mol. The minimum atomic E-state index is 0.671. The number of nitrogens with zero attached hydrogens (tertiary/aromatic N) is 2. The van der Waals surface area contributed by atoms with Crippen LogP contribution in [-0.4, -0.2) is 9.78 Å². The fourth-order valence-corrected chi connectivity index (χ4v) is 1.94. The van der Waals surface area contributed by atoms with Gasteiger partial charge >= 0.3 is 0 Å². The van der Waals surface area contributed by atoms with Gasteiger partial charge in [0.25, 0.3) is 0 Å². The Labute approximate surface area is 113 Å². The van der Waals surface area contributed by atoms with Gasteiger partial charge in [-0.15, -0.1) is 0 Å². The largest absolute Gasteiger partial charge is 0.380 e. The van der Waals surface area contributed by atoms with E-state index in [4.69, 9.17) is 11.6 Å². The molecule has 0 spiro atoms. The van der Waals surface area contributed by atoms with Crippen molar-refractivity contribution >= 4 is 39.4 Å². The lowest BCUT2D eigenvalue weighted by atomic mass is 10.3. The van der Waals surface area contributed by atoms with Crippen molar-refractivity contribution in [2.24, 2.45) is 0 Å². The smallest absolute Gasteiger partial charge is 0.0638 e. The van der Waals surface area contributed by atoms with Crippen LogP contribution in [0.2, 0.25) is 5.02 Å². The summed E-state index contributed by atoms with van der Waals surface area (Å²) in [6, 6.07) is 5.70. The van der Waals surface area contributed by atoms with Crippen molar-refractivity contribution in [3.63, 3.8) is 0 Å². The molecule has 2 rings (SSSR count). The van der Waals surface area contributed by atoms with Crippen LogP contribution in [0.4, 0.5) is 5.69 Å². The molecule has 0 aliphatic carbocycles. The summed E-state index contributed by atoms with van der Waals surface area (Å²) in [7, 11) is 0. The summed E-state index contributed by atoms with van der Waals surface area (Å²) in [5, 5.41) is 8.06. The first-order valence-corrected chi connectivity index (χ1v) is 6.20. The van der Waals surface area contributed by atoms with Crippen LogP contribution in [0.1, 0.15) is 5.56 Å². The molecule has 88 valence electrons. The third kappa shape index (κ3) is 3.11. The zero-order valence-electron chi connectivity index (χ0n) is 9.03. The summed E-state index contributed by atoms with van der Waals surface area (Å²) in [6.07, 6.45) is 5.35. The Balaban J connectivity index is 2.06. The van der Waals surface area contributed by atoms with E-state index in [1.54, 1.807) is 17.1 Å². The first-order chi connectivity index (χ1) is 8.19. The Bertz CT molecular complexity index is 536. The maximum absolute atomic E-state index is 6.07. The third-order valence-electron chi connectivity index (χ3n) is 2.25. The third-order valence-corrected chi connectivity index (χ3v) is 3.08. The lowest BCUT2D eigenvalue weighted by Gasteiger charge is -2.07. The van der Waals surface area contributed by atoms with E-state index in [9.17, 15) is 0 Å². The monoisotopic (exact) mass is 311 g/mol. The van der Waals surface area contributed by atoms with Gasteiger partial charge in [-0.1, -0.05) is 34.1 Å². The summed E-state index contributed by atoms with van der Waals surface area (Å²) in [6.45, 7) is 4.31. The van der Waals surface area contributed by atoms with Gasteiger partial charge in [0.1, 0.15) is 0 Å². The summed E-state index contributed by atoms with van der Waals surface area (Å²) in [4.78, 5) is 0. The Kier molecular flexibility index (Phi) is 3.86. The first kappa shape index (κ1) is 12.2. The number of benzene rings is 1. The van der Waals surface area contributed by atoms with Crippen molar-refractivity contribution in [2.45, 2.75) is 6.54 Å². The van der Waals surface area contributed by atoms with Gasteiger partial charge in [-0.05, 0) is 18.2 Å². The fraction of sp³-hybridized carbons (Fsp3) is 0.0833. The van der Waals surface area contributed by atoms with Crippen molar-refractivity contribution in [3.8, 4) is 0 Å². The predicted octanol–water partition coefficient (Wildman–Crippen LogP) is 4.01. The number of aromatic nitrogens is 2. The zero-order chi connectivity index (χ0) is 12.3. The Morgan fingerprint density at radius 3 is 3.06 bits per heavy atom. The molecule has 0 aliphatic heterocycles. The van der Waals surface area contributed by atoms with E-state index in [1.807, 2.05) is 24.4 Å². The average Bonchev–Trinajstić information content (AvgIpc) is 2.78. The van der Waals surface area contributed by atoms with Crippen molar-refractivity contribution in [1.29, 1.82) is 0 Å². The van der Waals surface area contributed by atoms with Gasteiger partial charge in [-0.3, -0.25) is 0 Å². The lowest BCUT2D eigenvalue weighted by Crippen LogP contribution is -1.98. The average molecular weight is 313 g/mol. The van der Waals surface area contributed by atoms with Gasteiger partial charge in [0.15, 0.2) is 0 Å². The Morgan fingerprint density at radius 2 is 2.35 bits per heavy atom. The highest BCUT2D eigenvalue weighted by molar-refractivity contribution is 9.10. The van der Waals surface area contributed by atoms with Crippen LogP contribution in [0.15, 0.2) is 41.6 Å². The van der Waals surface area contributed by atoms with Crippen LogP contribution in [0.3, 0.4) is 0 Å². The molecule has 5 heteroatoms. The minimum Gasteiger partial charge on any atom is -0.380 e. The van der Waals surface area contributed by atoms with Gasteiger partial charge in [0.05, 0.1) is 16.9 Å². The quantitative estimate of drug-likeness (QED) is 0.924. The molecule has 1 N–H and O–H groups in total. The number of hydrogen-bond donors (Lipinski definition) is 1. The zero-order valence-corrected chi connectivity index (χ0v) is 11.4. The van der Waals surface area contributed by atoms with Crippen LogP contribution in [-0.2, 0) is 6.54 Å². The molecule has 2 aromatic rings. The molecule has 17 heavy (non-hydrogen) atoms. The lowest BCUT2D eigenvalue weighted by molar-refractivity contribution is 0.936. The molecule has 0 saturated carbocycles. The molecule has 0 aliphatic rings. The highest BCUT2D eigenvalue weighted by Crippen LogP contribution is 2.26. The molecule has 1 heterocycles. The second kappa shape index (κ2) is 5.38. The molecule has 0 radical (unpaired) electrons. The maximum atomic E-state index is 6.07. The topological polar surface area (TPSA) is 29.9 Å². The van der Waals surface area contributed by atoms with E-state index in [2.05, 4.69) is 32.9 Å². The Morgan fingerprint density at radius 1 is 1.53 bits per heavy atom. The van der Waals surface area contributed by atoms with E-state index in [-0.39, 0.29) is 0 Å². The first-order valence-electron chi connectivity index (χ1n) is 5.03. The molecule has 1 aromatic heterocycles. The van der Waals surface area contributed by atoms with E-state index < -0.39 is 0 Å². The number of nitrogens with one attached hydrogen (secondary N) is 1. The van der Waals surface area contributed by atoms with Gasteiger partial charge in [-0.25, -0.2) is 4.68 Å². The van der Waals surface area contributed by atoms with E-state index >= 15 is 0 Å². The molecule has 0 atom stereocenters. The SMILES string of the molecule is C=Cn1cc(CNc2cc(Br)ccc2Cl)cn1. The minimum absolute atomic E-state index is 0.671. The number of hydrogen-bond acceptors (Lipinski definition) is 2. The van der Waals surface area contributed by atoms with Crippen molar-refractivity contribution in [2.75, 3.05) is 5.32 Å². The molecular formula is C12H11BrClN3. The van der Waals surface area contributed by atoms with Crippen LogP contribution in [0, 0.1) is 0 Å². The number of rotatable bonds is 4. The van der Waals surface area contributed by atoms with E-state index in [0.717, 1.165) is 15.7 Å². The summed E-state index contributed by atoms with van der Waals surface area (Å²) < 4.78 is 2.66. The van der Waals surface area contributed by atoms with Crippen LogP contribution >= 0.6 is 27.5 Å². The highest BCUT2D eigenvalue weighted by Gasteiger charge is 2.02. The van der Waals surface area contributed by atoms with Gasteiger partial charge in [0, 0.05) is 29.0 Å². The van der Waals surface area contributed by atoms with Crippen LogP contribution in [0.5, 0.6) is 0 Å². The number of anilines is 1. The fourth-order valence-electron chi connectivity index (χ4n) is 1.40. The van der Waals surface area contributed by atoms with Gasteiger partial charge in [-0.2, -0.15) is 5.10 Å².